The molecular formula is C16H10ClN3O. The summed E-state index contributed by atoms with van der Waals surface area (Å²) in [4.78, 5) is 8.24. The Bertz CT molecular complexity index is 871. The topological polar surface area (TPSA) is 58.8 Å². The first-order valence-corrected chi connectivity index (χ1v) is 6.66. The summed E-state index contributed by atoms with van der Waals surface area (Å²) in [6.07, 6.45) is 0. The number of rotatable bonds is 2. The van der Waals surface area contributed by atoms with E-state index in [-0.39, 0.29) is 11.7 Å². The molecule has 0 amide bonds. The average Bonchev–Trinajstić information content (AvgIpc) is 2.50. The van der Waals surface area contributed by atoms with E-state index in [1.165, 1.54) is 0 Å². The Morgan fingerprint density at radius 2 is 1.86 bits per heavy atom. The number of nitrogens with zero attached hydrogens (tertiary/aromatic N) is 3. The molecule has 0 fully saturated rings. The lowest BCUT2D eigenvalue weighted by Gasteiger charge is -2.09. The Labute approximate surface area is 126 Å². The molecule has 3 rings (SSSR count). The second-order valence-electron chi connectivity index (χ2n) is 4.48. The first kappa shape index (κ1) is 13.3. The van der Waals surface area contributed by atoms with Gasteiger partial charge in [0.15, 0.2) is 0 Å². The van der Waals surface area contributed by atoms with Gasteiger partial charge in [0.25, 0.3) is 0 Å². The normalized spacial score (nSPS) is 10.3. The molecule has 3 aromatic rings. The van der Waals surface area contributed by atoms with E-state index in [4.69, 9.17) is 21.6 Å². The van der Waals surface area contributed by atoms with Crippen LogP contribution in [0.1, 0.15) is 11.4 Å². The van der Waals surface area contributed by atoms with Gasteiger partial charge in [-0.25, -0.2) is 4.98 Å². The van der Waals surface area contributed by atoms with Gasteiger partial charge in [-0.1, -0.05) is 35.9 Å². The molecule has 1 heterocycles. The third-order valence-electron chi connectivity index (χ3n) is 2.98. The van der Waals surface area contributed by atoms with Crippen molar-refractivity contribution in [3.05, 3.63) is 58.9 Å². The number of fused-ring (bicyclic) bond motifs is 1. The monoisotopic (exact) mass is 295 g/mol. The van der Waals surface area contributed by atoms with Crippen molar-refractivity contribution >= 4 is 22.4 Å². The molecule has 1 aromatic heterocycles. The lowest BCUT2D eigenvalue weighted by Crippen LogP contribution is -1.96. The predicted molar refractivity (Wildman–Crippen MR) is 80.5 cm³/mol. The highest BCUT2D eigenvalue weighted by Crippen LogP contribution is 2.33. The minimum Gasteiger partial charge on any atom is -0.424 e. The fourth-order valence-corrected chi connectivity index (χ4v) is 2.29. The van der Waals surface area contributed by atoms with Crippen molar-refractivity contribution in [3.63, 3.8) is 0 Å². The highest BCUT2D eigenvalue weighted by Gasteiger charge is 2.09. The molecule has 0 atom stereocenters. The predicted octanol–water partition coefficient (Wildman–Crippen LogP) is 4.26. The molecule has 0 N–H and O–H groups in total. The van der Waals surface area contributed by atoms with Crippen LogP contribution >= 0.6 is 11.6 Å². The quantitative estimate of drug-likeness (QED) is 0.709. The van der Waals surface area contributed by atoms with E-state index in [1.54, 1.807) is 25.1 Å². The maximum Gasteiger partial charge on any atom is 0.323 e. The number of nitriles is 1. The standard InChI is InChI=1S/C16H10ClN3O/c1-10-8-11(9-18)20-16(19-10)21-15-7-6-14(17)12-4-2-3-5-13(12)15/h2-8H,1H3. The minimum absolute atomic E-state index is 0.152. The van der Waals surface area contributed by atoms with Crippen molar-refractivity contribution in [1.29, 1.82) is 5.26 Å². The Balaban J connectivity index is 2.09. The molecule has 0 saturated carbocycles. The molecule has 21 heavy (non-hydrogen) atoms. The Morgan fingerprint density at radius 1 is 1.10 bits per heavy atom. The third-order valence-corrected chi connectivity index (χ3v) is 3.31. The van der Waals surface area contributed by atoms with Crippen molar-refractivity contribution in [2.24, 2.45) is 0 Å². The average molecular weight is 296 g/mol. The number of aromatic nitrogens is 2. The molecule has 0 saturated heterocycles. The number of hydrogen-bond acceptors (Lipinski definition) is 4. The van der Waals surface area contributed by atoms with Crippen LogP contribution in [-0.4, -0.2) is 9.97 Å². The Kier molecular flexibility index (Phi) is 3.43. The van der Waals surface area contributed by atoms with Gasteiger partial charge in [-0.15, -0.1) is 0 Å². The van der Waals surface area contributed by atoms with Crippen molar-refractivity contribution in [2.45, 2.75) is 6.92 Å². The fourth-order valence-electron chi connectivity index (χ4n) is 2.07. The summed E-state index contributed by atoms with van der Waals surface area (Å²) in [5.74, 6) is 0.601. The van der Waals surface area contributed by atoms with Gasteiger partial charge in [-0.3, -0.25) is 0 Å². The molecule has 0 aliphatic carbocycles. The zero-order valence-electron chi connectivity index (χ0n) is 11.2. The van der Waals surface area contributed by atoms with Crippen molar-refractivity contribution < 1.29 is 4.74 Å². The fraction of sp³-hybridized carbons (Fsp3) is 0.0625. The largest absolute Gasteiger partial charge is 0.424 e. The second-order valence-corrected chi connectivity index (χ2v) is 4.89. The van der Waals surface area contributed by atoms with Gasteiger partial charge in [-0.2, -0.15) is 10.2 Å². The van der Waals surface area contributed by atoms with Crippen LogP contribution in [0.5, 0.6) is 11.8 Å². The summed E-state index contributed by atoms with van der Waals surface area (Å²) in [6, 6.07) is 14.9. The second kappa shape index (κ2) is 5.39. The molecule has 4 nitrogen and oxygen atoms in total. The molecule has 0 radical (unpaired) electrons. The number of ether oxygens (including phenoxy) is 1. The number of hydrogen-bond donors (Lipinski definition) is 0. The minimum atomic E-state index is 0.152. The van der Waals surface area contributed by atoms with Crippen LogP contribution < -0.4 is 4.74 Å². The maximum atomic E-state index is 8.95. The van der Waals surface area contributed by atoms with E-state index >= 15 is 0 Å². The van der Waals surface area contributed by atoms with Crippen molar-refractivity contribution in [2.75, 3.05) is 0 Å². The van der Waals surface area contributed by atoms with E-state index in [0.29, 0.717) is 16.5 Å². The highest BCUT2D eigenvalue weighted by molar-refractivity contribution is 6.35. The lowest BCUT2D eigenvalue weighted by molar-refractivity contribution is 0.444. The molecule has 2 aromatic carbocycles. The summed E-state index contributed by atoms with van der Waals surface area (Å²) in [7, 11) is 0. The van der Waals surface area contributed by atoms with Crippen LogP contribution in [0.15, 0.2) is 42.5 Å². The van der Waals surface area contributed by atoms with E-state index in [0.717, 1.165) is 10.8 Å². The molecule has 5 heteroatoms. The first-order valence-electron chi connectivity index (χ1n) is 6.28. The zero-order chi connectivity index (χ0) is 14.8. The molecule has 102 valence electrons. The molecule has 0 aliphatic heterocycles. The van der Waals surface area contributed by atoms with Crippen LogP contribution in [-0.2, 0) is 0 Å². The number of benzene rings is 2. The molecule has 0 unspecified atom stereocenters. The molecule has 0 bridgehead atoms. The van der Waals surface area contributed by atoms with E-state index in [1.807, 2.05) is 30.3 Å². The van der Waals surface area contributed by atoms with Gasteiger partial charge < -0.3 is 4.74 Å². The van der Waals surface area contributed by atoms with Crippen LogP contribution in [0.2, 0.25) is 5.02 Å². The smallest absolute Gasteiger partial charge is 0.323 e. The van der Waals surface area contributed by atoms with Gasteiger partial charge in [0, 0.05) is 21.5 Å². The van der Waals surface area contributed by atoms with Gasteiger partial charge in [0.05, 0.1) is 0 Å². The zero-order valence-corrected chi connectivity index (χ0v) is 11.9. The maximum absolute atomic E-state index is 8.95. The summed E-state index contributed by atoms with van der Waals surface area (Å²) in [5.41, 5.74) is 0.950. The Morgan fingerprint density at radius 3 is 2.62 bits per heavy atom. The number of halogens is 1. The van der Waals surface area contributed by atoms with E-state index in [9.17, 15) is 0 Å². The molecular weight excluding hydrogens is 286 g/mol. The van der Waals surface area contributed by atoms with Crippen LogP contribution in [0.3, 0.4) is 0 Å². The Hall–Kier alpha value is -2.64. The summed E-state index contributed by atoms with van der Waals surface area (Å²) in [6.45, 7) is 1.79. The van der Waals surface area contributed by atoms with E-state index in [2.05, 4.69) is 9.97 Å². The van der Waals surface area contributed by atoms with Gasteiger partial charge in [-0.05, 0) is 25.1 Å². The summed E-state index contributed by atoms with van der Waals surface area (Å²) in [5, 5.41) is 11.4. The molecule has 0 aliphatic rings. The summed E-state index contributed by atoms with van der Waals surface area (Å²) < 4.78 is 5.74. The molecule has 0 spiro atoms. The lowest BCUT2D eigenvalue weighted by atomic mass is 10.1. The first-order chi connectivity index (χ1) is 10.2. The van der Waals surface area contributed by atoms with Gasteiger partial charge in [0.1, 0.15) is 17.5 Å². The third kappa shape index (κ3) is 2.64. The van der Waals surface area contributed by atoms with Crippen LogP contribution in [0, 0.1) is 18.3 Å². The SMILES string of the molecule is Cc1cc(C#N)nc(Oc2ccc(Cl)c3ccccc23)n1. The summed E-state index contributed by atoms with van der Waals surface area (Å²) >= 11 is 6.18. The highest BCUT2D eigenvalue weighted by atomic mass is 35.5. The number of aryl methyl sites for hydroxylation is 1. The van der Waals surface area contributed by atoms with Crippen LogP contribution in [0.4, 0.5) is 0 Å². The van der Waals surface area contributed by atoms with Gasteiger partial charge in [0.2, 0.25) is 0 Å². The van der Waals surface area contributed by atoms with E-state index < -0.39 is 0 Å². The van der Waals surface area contributed by atoms with Gasteiger partial charge >= 0.3 is 6.01 Å². The van der Waals surface area contributed by atoms with Crippen molar-refractivity contribution in [1.82, 2.24) is 9.97 Å². The van der Waals surface area contributed by atoms with Crippen molar-refractivity contribution in [3.8, 4) is 17.8 Å². The van der Waals surface area contributed by atoms with Crippen LogP contribution in [0.25, 0.3) is 10.8 Å².